The summed E-state index contributed by atoms with van der Waals surface area (Å²) in [7, 11) is 3.06. The van der Waals surface area contributed by atoms with E-state index in [-0.39, 0.29) is 23.9 Å². The molecule has 0 fully saturated rings. The van der Waals surface area contributed by atoms with Crippen molar-refractivity contribution < 1.29 is 19.0 Å². The van der Waals surface area contributed by atoms with Crippen LogP contribution in [-0.2, 0) is 7.05 Å². The zero-order valence-corrected chi connectivity index (χ0v) is 10.0. The number of benzene rings is 1. The van der Waals surface area contributed by atoms with Gasteiger partial charge in [0.05, 0.1) is 12.6 Å². The van der Waals surface area contributed by atoms with Gasteiger partial charge < -0.3 is 14.4 Å². The number of aromatic nitrogens is 1. The van der Waals surface area contributed by atoms with Gasteiger partial charge in [-0.15, -0.1) is 12.4 Å². The predicted molar refractivity (Wildman–Crippen MR) is 63.6 cm³/mol. The lowest BCUT2D eigenvalue weighted by Crippen LogP contribution is -2.00. The average molecular weight is 260 g/mol. The van der Waals surface area contributed by atoms with Crippen molar-refractivity contribution >= 4 is 29.3 Å². The second-order valence-electron chi connectivity index (χ2n) is 3.41. The third-order valence-corrected chi connectivity index (χ3v) is 2.52. The van der Waals surface area contributed by atoms with E-state index in [1.165, 1.54) is 25.3 Å². The molecule has 1 N–H and O–H groups in total. The van der Waals surface area contributed by atoms with Crippen LogP contribution >= 0.6 is 12.4 Å². The molecular formula is C11H11ClFNO3. The second kappa shape index (κ2) is 4.63. The lowest BCUT2D eigenvalue weighted by Gasteiger charge is -2.02. The van der Waals surface area contributed by atoms with Gasteiger partial charge in [0, 0.05) is 12.4 Å². The molecule has 0 unspecified atom stereocenters. The molecule has 2 aromatic rings. The molecule has 6 heteroatoms. The quantitative estimate of drug-likeness (QED) is 0.901. The van der Waals surface area contributed by atoms with Gasteiger partial charge in [0.1, 0.15) is 11.4 Å². The van der Waals surface area contributed by atoms with Crippen LogP contribution in [0, 0.1) is 5.82 Å². The molecule has 0 atom stereocenters. The highest BCUT2D eigenvalue weighted by Gasteiger charge is 2.21. The first-order valence-corrected chi connectivity index (χ1v) is 4.61. The Hall–Kier alpha value is -1.75. The minimum absolute atomic E-state index is 0. The molecule has 0 saturated carbocycles. The highest BCUT2D eigenvalue weighted by Crippen LogP contribution is 2.31. The molecule has 92 valence electrons. The second-order valence-corrected chi connectivity index (χ2v) is 3.41. The highest BCUT2D eigenvalue weighted by atomic mass is 35.5. The Morgan fingerprint density at radius 1 is 1.47 bits per heavy atom. The number of fused-ring (bicyclic) bond motifs is 1. The van der Waals surface area contributed by atoms with Gasteiger partial charge in [0.15, 0.2) is 0 Å². The van der Waals surface area contributed by atoms with Crippen LogP contribution in [0.25, 0.3) is 10.9 Å². The van der Waals surface area contributed by atoms with Crippen molar-refractivity contribution in [2.45, 2.75) is 0 Å². The van der Waals surface area contributed by atoms with Crippen LogP contribution in [0.4, 0.5) is 4.39 Å². The summed E-state index contributed by atoms with van der Waals surface area (Å²) in [4.78, 5) is 11.1. The van der Waals surface area contributed by atoms with Crippen molar-refractivity contribution in [1.29, 1.82) is 0 Å². The molecule has 0 aliphatic rings. The molecule has 0 aliphatic carbocycles. The summed E-state index contributed by atoms with van der Waals surface area (Å²) in [5, 5.41) is 9.42. The van der Waals surface area contributed by atoms with Crippen LogP contribution in [0.1, 0.15) is 10.4 Å². The first-order valence-electron chi connectivity index (χ1n) is 4.61. The molecule has 0 amide bonds. The number of carbonyl (C=O) groups is 1. The van der Waals surface area contributed by atoms with E-state index in [1.807, 2.05) is 0 Å². The number of carboxylic acid groups (broad SMARTS) is 1. The third kappa shape index (κ3) is 1.93. The minimum Gasteiger partial charge on any atom is -0.482 e. The Morgan fingerprint density at radius 2 is 2.12 bits per heavy atom. The van der Waals surface area contributed by atoms with Gasteiger partial charge >= 0.3 is 5.97 Å². The van der Waals surface area contributed by atoms with Gasteiger partial charge in [-0.2, -0.15) is 0 Å². The fraction of sp³-hybridized carbons (Fsp3) is 0.182. The molecule has 1 heterocycles. The van der Waals surface area contributed by atoms with Crippen molar-refractivity contribution in [3.8, 4) is 5.88 Å². The van der Waals surface area contributed by atoms with Crippen LogP contribution in [0.15, 0.2) is 18.2 Å². The van der Waals surface area contributed by atoms with E-state index >= 15 is 0 Å². The normalized spacial score (nSPS) is 10.1. The molecule has 0 radical (unpaired) electrons. The van der Waals surface area contributed by atoms with Crippen molar-refractivity contribution in [3.63, 3.8) is 0 Å². The van der Waals surface area contributed by atoms with Crippen LogP contribution < -0.4 is 4.74 Å². The van der Waals surface area contributed by atoms with Crippen molar-refractivity contribution in [2.75, 3.05) is 7.11 Å². The molecule has 1 aromatic heterocycles. The summed E-state index contributed by atoms with van der Waals surface area (Å²) in [6, 6.07) is 4.01. The molecular weight excluding hydrogens is 249 g/mol. The number of rotatable bonds is 2. The van der Waals surface area contributed by atoms with Gasteiger partial charge in [-0.05, 0) is 18.2 Å². The molecule has 2 rings (SSSR count). The van der Waals surface area contributed by atoms with E-state index in [0.717, 1.165) is 0 Å². The molecule has 0 bridgehead atoms. The maximum Gasteiger partial charge on any atom is 0.341 e. The number of aromatic carboxylic acids is 1. The molecule has 0 spiro atoms. The summed E-state index contributed by atoms with van der Waals surface area (Å²) < 4.78 is 19.7. The van der Waals surface area contributed by atoms with E-state index in [1.54, 1.807) is 11.6 Å². The van der Waals surface area contributed by atoms with Crippen molar-refractivity contribution in [1.82, 2.24) is 4.57 Å². The number of aryl methyl sites for hydroxylation is 1. The first kappa shape index (κ1) is 13.3. The number of carboxylic acids is 1. The molecule has 17 heavy (non-hydrogen) atoms. The number of ether oxygens (including phenoxy) is 1. The highest BCUT2D eigenvalue weighted by molar-refractivity contribution is 6.06. The summed E-state index contributed by atoms with van der Waals surface area (Å²) in [6.45, 7) is 0. The lowest BCUT2D eigenvalue weighted by molar-refractivity contribution is 0.0695. The summed E-state index contributed by atoms with van der Waals surface area (Å²) in [6.07, 6.45) is 0. The van der Waals surface area contributed by atoms with Gasteiger partial charge in [0.2, 0.25) is 5.88 Å². The maximum atomic E-state index is 13.1. The molecule has 1 aromatic carbocycles. The number of hydrogen-bond donors (Lipinski definition) is 1. The SMILES string of the molecule is COc1c(C(=O)O)c2cc(F)ccc2n1C.Cl. The molecule has 0 saturated heterocycles. The average Bonchev–Trinajstić information content (AvgIpc) is 2.50. The summed E-state index contributed by atoms with van der Waals surface area (Å²) in [5.74, 6) is -1.38. The number of nitrogens with zero attached hydrogens (tertiary/aromatic N) is 1. The summed E-state index contributed by atoms with van der Waals surface area (Å²) >= 11 is 0. The van der Waals surface area contributed by atoms with E-state index in [9.17, 15) is 9.18 Å². The monoisotopic (exact) mass is 259 g/mol. The van der Waals surface area contributed by atoms with Gasteiger partial charge in [-0.1, -0.05) is 0 Å². The Kier molecular flexibility index (Phi) is 3.63. The Balaban J connectivity index is 0.00000144. The topological polar surface area (TPSA) is 51.5 Å². The van der Waals surface area contributed by atoms with E-state index in [2.05, 4.69) is 0 Å². The number of halogens is 2. The van der Waals surface area contributed by atoms with Gasteiger partial charge in [0.25, 0.3) is 0 Å². The van der Waals surface area contributed by atoms with Gasteiger partial charge in [-0.25, -0.2) is 9.18 Å². The zero-order chi connectivity index (χ0) is 11.9. The Morgan fingerprint density at radius 3 is 2.65 bits per heavy atom. The standard InChI is InChI=1S/C11H10FNO3.ClH/c1-13-8-4-3-6(12)5-7(8)9(11(14)15)10(13)16-2;/h3-5H,1-2H3,(H,14,15);1H. The predicted octanol–water partition coefficient (Wildman–Crippen LogP) is 2.45. The van der Waals surface area contributed by atoms with Gasteiger partial charge in [-0.3, -0.25) is 0 Å². The molecule has 0 aliphatic heterocycles. The lowest BCUT2D eigenvalue weighted by atomic mass is 10.1. The van der Waals surface area contributed by atoms with E-state index < -0.39 is 11.8 Å². The van der Waals surface area contributed by atoms with E-state index in [4.69, 9.17) is 9.84 Å². The van der Waals surface area contributed by atoms with Crippen molar-refractivity contribution in [3.05, 3.63) is 29.6 Å². The fourth-order valence-corrected chi connectivity index (χ4v) is 1.84. The number of methoxy groups -OCH3 is 1. The Bertz CT molecular complexity index is 580. The minimum atomic E-state index is -1.13. The zero-order valence-electron chi connectivity index (χ0n) is 9.23. The van der Waals surface area contributed by atoms with Crippen LogP contribution in [0.3, 0.4) is 0 Å². The van der Waals surface area contributed by atoms with Crippen LogP contribution in [0.2, 0.25) is 0 Å². The Labute approximate surface area is 103 Å². The van der Waals surface area contributed by atoms with Crippen LogP contribution in [0.5, 0.6) is 5.88 Å². The maximum absolute atomic E-state index is 13.1. The summed E-state index contributed by atoms with van der Waals surface area (Å²) in [5.41, 5.74) is 0.607. The van der Waals surface area contributed by atoms with E-state index in [0.29, 0.717) is 10.9 Å². The fourth-order valence-electron chi connectivity index (χ4n) is 1.84. The van der Waals surface area contributed by atoms with Crippen molar-refractivity contribution in [2.24, 2.45) is 7.05 Å². The smallest absolute Gasteiger partial charge is 0.341 e. The largest absolute Gasteiger partial charge is 0.482 e. The first-order chi connectivity index (χ1) is 7.56. The molecule has 4 nitrogen and oxygen atoms in total. The number of hydrogen-bond acceptors (Lipinski definition) is 2. The van der Waals surface area contributed by atoms with Crippen LogP contribution in [-0.4, -0.2) is 22.8 Å². The third-order valence-electron chi connectivity index (χ3n) is 2.52.